The van der Waals surface area contributed by atoms with Crippen molar-refractivity contribution < 1.29 is 24.2 Å². The highest BCUT2D eigenvalue weighted by atomic mass is 16.5. The maximum Gasteiger partial charge on any atom is 0.300 e. The lowest BCUT2D eigenvalue weighted by molar-refractivity contribution is -0.134. The van der Waals surface area contributed by atoms with Crippen LogP contribution < -0.4 is 15.2 Å². The second-order valence-corrected chi connectivity index (χ2v) is 7.11. The summed E-state index contributed by atoms with van der Waals surface area (Å²) in [5, 5.41) is 11.9. The van der Waals surface area contributed by atoms with Crippen molar-refractivity contribution in [1.29, 1.82) is 0 Å². The first-order chi connectivity index (χ1) is 14.3. The maximum absolute atomic E-state index is 12.8. The summed E-state index contributed by atoms with van der Waals surface area (Å²) in [5.41, 5.74) is 8.22. The molecule has 1 amide bonds. The van der Waals surface area contributed by atoms with Gasteiger partial charge < -0.3 is 25.2 Å². The molecule has 30 heavy (non-hydrogen) atoms. The largest absolute Gasteiger partial charge is 0.493 e. The van der Waals surface area contributed by atoms with Crippen molar-refractivity contribution in [3.05, 3.63) is 41.2 Å². The summed E-state index contributed by atoms with van der Waals surface area (Å²) in [6.45, 7) is 7.48. The predicted molar refractivity (Wildman–Crippen MR) is 112 cm³/mol. The highest BCUT2D eigenvalue weighted by Gasteiger charge is 2.34. The fourth-order valence-electron chi connectivity index (χ4n) is 3.16. The number of aliphatic carboxylic acids is 1. The summed E-state index contributed by atoms with van der Waals surface area (Å²) in [4.78, 5) is 23.6. The molecule has 1 aromatic heterocycles. The SMILES string of the molecule is CC(=O)O.COc1ccc(C(=O)N2CC(n3nc(C)cc3C)C2)cc1OCCCN. The monoisotopic (exact) mass is 418 g/mol. The molecule has 0 radical (unpaired) electrons. The maximum atomic E-state index is 12.8. The quantitative estimate of drug-likeness (QED) is 0.660. The van der Waals surface area contributed by atoms with Crippen LogP contribution in [0.5, 0.6) is 11.5 Å². The van der Waals surface area contributed by atoms with E-state index in [-0.39, 0.29) is 11.9 Å². The summed E-state index contributed by atoms with van der Waals surface area (Å²) in [7, 11) is 1.58. The molecule has 3 N–H and O–H groups in total. The molecule has 2 heterocycles. The van der Waals surface area contributed by atoms with E-state index in [1.165, 1.54) is 0 Å². The molecule has 0 aliphatic carbocycles. The van der Waals surface area contributed by atoms with Crippen LogP contribution in [0.1, 0.15) is 41.1 Å². The van der Waals surface area contributed by atoms with Crippen molar-refractivity contribution in [3.8, 4) is 11.5 Å². The number of carbonyl (C=O) groups is 2. The van der Waals surface area contributed by atoms with Crippen LogP contribution in [-0.4, -0.2) is 65.0 Å². The smallest absolute Gasteiger partial charge is 0.300 e. The molecular weight excluding hydrogens is 388 g/mol. The van der Waals surface area contributed by atoms with Gasteiger partial charge in [-0.2, -0.15) is 5.10 Å². The molecule has 1 aromatic carbocycles. The van der Waals surface area contributed by atoms with Gasteiger partial charge in [-0.3, -0.25) is 14.3 Å². The van der Waals surface area contributed by atoms with Crippen molar-refractivity contribution in [2.24, 2.45) is 5.73 Å². The highest BCUT2D eigenvalue weighted by Crippen LogP contribution is 2.30. The number of amides is 1. The third kappa shape index (κ3) is 5.96. The molecule has 0 unspecified atom stereocenters. The van der Waals surface area contributed by atoms with E-state index in [0.29, 0.717) is 43.3 Å². The zero-order chi connectivity index (χ0) is 22.3. The normalized spacial score (nSPS) is 13.2. The molecule has 2 aromatic rings. The van der Waals surface area contributed by atoms with Crippen LogP contribution >= 0.6 is 0 Å². The number of aromatic nitrogens is 2. The van der Waals surface area contributed by atoms with Gasteiger partial charge in [-0.05, 0) is 51.1 Å². The number of rotatable bonds is 7. The van der Waals surface area contributed by atoms with Gasteiger partial charge in [0, 0.05) is 31.3 Å². The Labute approximate surface area is 176 Å². The molecule has 9 nitrogen and oxygen atoms in total. The Hall–Kier alpha value is -3.07. The number of methoxy groups -OCH3 is 1. The van der Waals surface area contributed by atoms with Crippen LogP contribution in [0.25, 0.3) is 0 Å². The topological polar surface area (TPSA) is 120 Å². The Morgan fingerprint density at radius 1 is 1.23 bits per heavy atom. The average molecular weight is 418 g/mol. The fourth-order valence-corrected chi connectivity index (χ4v) is 3.16. The van der Waals surface area contributed by atoms with Gasteiger partial charge >= 0.3 is 0 Å². The highest BCUT2D eigenvalue weighted by molar-refractivity contribution is 5.95. The van der Waals surface area contributed by atoms with Crippen LogP contribution in [0.2, 0.25) is 0 Å². The van der Waals surface area contributed by atoms with Crippen LogP contribution in [-0.2, 0) is 4.79 Å². The van der Waals surface area contributed by atoms with E-state index in [4.69, 9.17) is 25.1 Å². The van der Waals surface area contributed by atoms with E-state index in [2.05, 4.69) is 11.2 Å². The molecule has 3 rings (SSSR count). The van der Waals surface area contributed by atoms with Gasteiger partial charge in [0.2, 0.25) is 0 Å². The number of likely N-dealkylation sites (tertiary alicyclic amines) is 1. The Kier molecular flexibility index (Phi) is 8.23. The first kappa shape index (κ1) is 23.2. The summed E-state index contributed by atoms with van der Waals surface area (Å²) < 4.78 is 13.0. The predicted octanol–water partition coefficient (Wildman–Crippen LogP) is 2.02. The van der Waals surface area contributed by atoms with Crippen molar-refractivity contribution in [2.45, 2.75) is 33.2 Å². The van der Waals surface area contributed by atoms with Crippen LogP contribution in [0.4, 0.5) is 0 Å². The van der Waals surface area contributed by atoms with Gasteiger partial charge in [0.15, 0.2) is 11.5 Å². The molecule has 0 bridgehead atoms. The molecule has 0 atom stereocenters. The van der Waals surface area contributed by atoms with Gasteiger partial charge in [-0.15, -0.1) is 0 Å². The molecule has 0 saturated carbocycles. The molecule has 1 aliphatic heterocycles. The van der Waals surface area contributed by atoms with Crippen LogP contribution in [0.15, 0.2) is 24.3 Å². The Morgan fingerprint density at radius 3 is 2.43 bits per heavy atom. The van der Waals surface area contributed by atoms with Crippen molar-refractivity contribution in [1.82, 2.24) is 14.7 Å². The Morgan fingerprint density at radius 2 is 1.90 bits per heavy atom. The van der Waals surface area contributed by atoms with Crippen LogP contribution in [0, 0.1) is 13.8 Å². The van der Waals surface area contributed by atoms with E-state index in [1.807, 2.05) is 23.4 Å². The lowest BCUT2D eigenvalue weighted by atomic mass is 10.1. The molecular formula is C21H30N4O5. The van der Waals surface area contributed by atoms with Crippen molar-refractivity contribution >= 4 is 11.9 Å². The standard InChI is InChI=1S/C19H26N4O3.C2H4O2/c1-13-9-14(2)23(21-13)16-11-22(12-16)19(24)15-5-6-17(25-3)18(10-15)26-8-4-7-20;1-2(3)4/h5-6,9-10,16H,4,7-8,11-12,20H2,1-3H3;1H3,(H,3,4). The molecule has 9 heteroatoms. The molecule has 1 saturated heterocycles. The Balaban J connectivity index is 0.000000735. The number of aryl methyl sites for hydroxylation is 2. The molecule has 1 aliphatic rings. The van der Waals surface area contributed by atoms with E-state index in [9.17, 15) is 4.79 Å². The molecule has 0 spiro atoms. The first-order valence-electron chi connectivity index (χ1n) is 9.79. The number of ether oxygens (including phenoxy) is 2. The van der Waals surface area contributed by atoms with Gasteiger partial charge in [0.05, 0.1) is 25.5 Å². The Bertz CT molecular complexity index is 870. The second-order valence-electron chi connectivity index (χ2n) is 7.11. The number of benzene rings is 1. The second kappa shape index (κ2) is 10.6. The van der Waals surface area contributed by atoms with E-state index >= 15 is 0 Å². The number of hydrogen-bond donors (Lipinski definition) is 2. The lowest BCUT2D eigenvalue weighted by Gasteiger charge is -2.39. The lowest BCUT2D eigenvalue weighted by Crippen LogP contribution is -2.51. The van der Waals surface area contributed by atoms with E-state index in [0.717, 1.165) is 24.7 Å². The number of nitrogens with two attached hydrogens (primary N) is 1. The average Bonchev–Trinajstić information content (AvgIpc) is 2.98. The zero-order valence-electron chi connectivity index (χ0n) is 17.9. The van der Waals surface area contributed by atoms with Crippen molar-refractivity contribution in [3.63, 3.8) is 0 Å². The van der Waals surface area contributed by atoms with Gasteiger partial charge in [0.1, 0.15) is 0 Å². The summed E-state index contributed by atoms with van der Waals surface area (Å²) >= 11 is 0. The third-order valence-corrected chi connectivity index (χ3v) is 4.56. The number of carbonyl (C=O) groups excluding carboxylic acids is 1. The molecule has 164 valence electrons. The molecule has 1 fully saturated rings. The van der Waals surface area contributed by atoms with Gasteiger partial charge in [-0.1, -0.05) is 0 Å². The minimum Gasteiger partial charge on any atom is -0.493 e. The summed E-state index contributed by atoms with van der Waals surface area (Å²) in [5.74, 6) is 0.347. The minimum atomic E-state index is -0.833. The summed E-state index contributed by atoms with van der Waals surface area (Å²) in [6.07, 6.45) is 0.748. The number of carboxylic acid groups (broad SMARTS) is 1. The van der Waals surface area contributed by atoms with Crippen molar-refractivity contribution in [2.75, 3.05) is 33.4 Å². The van der Waals surface area contributed by atoms with Crippen LogP contribution in [0.3, 0.4) is 0 Å². The van der Waals surface area contributed by atoms with Gasteiger partial charge in [0.25, 0.3) is 11.9 Å². The summed E-state index contributed by atoms with van der Waals surface area (Å²) in [6, 6.07) is 7.58. The van der Waals surface area contributed by atoms with E-state index < -0.39 is 5.97 Å². The zero-order valence-corrected chi connectivity index (χ0v) is 17.9. The minimum absolute atomic E-state index is 0.00545. The first-order valence-corrected chi connectivity index (χ1v) is 9.79. The number of nitrogens with zero attached hydrogens (tertiary/aromatic N) is 3. The van der Waals surface area contributed by atoms with E-state index in [1.54, 1.807) is 25.3 Å². The third-order valence-electron chi connectivity index (χ3n) is 4.56. The fraction of sp³-hybridized carbons (Fsp3) is 0.476. The number of hydrogen-bond acceptors (Lipinski definition) is 6. The van der Waals surface area contributed by atoms with Gasteiger partial charge in [-0.25, -0.2) is 0 Å². The number of carboxylic acids is 1.